The molecule has 1 aliphatic heterocycles. The second-order valence-electron chi connectivity index (χ2n) is 3.09. The number of fused-ring (bicyclic) bond motifs is 1. The molecule has 3 nitrogen and oxygen atoms in total. The van der Waals surface area contributed by atoms with Crippen molar-refractivity contribution < 1.29 is 18.3 Å². The molecule has 16 heavy (non-hydrogen) atoms. The minimum absolute atomic E-state index is 0. The first kappa shape index (κ1) is 13.3. The standard InChI is InChI=1S/C9H8ClF2NO2.ClH/c10-5-2-7-6(14-3-15-7)1-4(5)8(13)9(11)12;/h1-2,8-9H,3,13H2;1H/t8-;/m1./s1. The first-order valence-electron chi connectivity index (χ1n) is 4.22. The normalized spacial score (nSPS) is 14.8. The maximum Gasteiger partial charge on any atom is 0.257 e. The molecule has 90 valence electrons. The van der Waals surface area contributed by atoms with Gasteiger partial charge in [-0.2, -0.15) is 0 Å². The van der Waals surface area contributed by atoms with Gasteiger partial charge in [0.1, 0.15) is 0 Å². The van der Waals surface area contributed by atoms with Gasteiger partial charge >= 0.3 is 0 Å². The Hall–Kier alpha value is -0.780. The molecule has 0 radical (unpaired) electrons. The van der Waals surface area contributed by atoms with Gasteiger partial charge in [0.05, 0.1) is 6.04 Å². The van der Waals surface area contributed by atoms with Gasteiger partial charge in [-0.05, 0) is 11.6 Å². The zero-order chi connectivity index (χ0) is 11.0. The van der Waals surface area contributed by atoms with Gasteiger partial charge in [0.2, 0.25) is 6.79 Å². The fourth-order valence-corrected chi connectivity index (χ4v) is 1.60. The summed E-state index contributed by atoms with van der Waals surface area (Å²) in [6, 6.07) is 1.41. The first-order valence-corrected chi connectivity index (χ1v) is 4.60. The largest absolute Gasteiger partial charge is 0.454 e. The van der Waals surface area contributed by atoms with Crippen LogP contribution in [0.25, 0.3) is 0 Å². The SMILES string of the molecule is Cl.N[C@H](c1cc2c(cc1Cl)OCO2)C(F)F. The summed E-state index contributed by atoms with van der Waals surface area (Å²) >= 11 is 5.80. The predicted molar refractivity (Wildman–Crippen MR) is 57.8 cm³/mol. The van der Waals surface area contributed by atoms with Crippen LogP contribution in [0, 0.1) is 0 Å². The van der Waals surface area contributed by atoms with E-state index in [4.69, 9.17) is 26.8 Å². The van der Waals surface area contributed by atoms with Crippen molar-refractivity contribution in [3.8, 4) is 11.5 Å². The Morgan fingerprint density at radius 2 is 1.81 bits per heavy atom. The Morgan fingerprint density at radius 1 is 1.25 bits per heavy atom. The third-order valence-corrected chi connectivity index (χ3v) is 2.45. The molecule has 0 bridgehead atoms. The van der Waals surface area contributed by atoms with Gasteiger partial charge in [0, 0.05) is 11.1 Å². The summed E-state index contributed by atoms with van der Waals surface area (Å²) < 4.78 is 34.9. The van der Waals surface area contributed by atoms with Crippen molar-refractivity contribution in [3.63, 3.8) is 0 Å². The third-order valence-electron chi connectivity index (χ3n) is 2.12. The van der Waals surface area contributed by atoms with E-state index in [2.05, 4.69) is 0 Å². The zero-order valence-electron chi connectivity index (χ0n) is 7.95. The van der Waals surface area contributed by atoms with Crippen molar-refractivity contribution in [2.75, 3.05) is 6.79 Å². The van der Waals surface area contributed by atoms with E-state index in [9.17, 15) is 8.78 Å². The average Bonchev–Trinajstić information content (AvgIpc) is 2.62. The molecule has 0 fully saturated rings. The minimum Gasteiger partial charge on any atom is -0.454 e. The summed E-state index contributed by atoms with van der Waals surface area (Å²) in [4.78, 5) is 0. The fraction of sp³-hybridized carbons (Fsp3) is 0.333. The molecule has 0 saturated heterocycles. The van der Waals surface area contributed by atoms with Crippen LogP contribution in [0.3, 0.4) is 0 Å². The van der Waals surface area contributed by atoms with E-state index in [-0.39, 0.29) is 29.8 Å². The van der Waals surface area contributed by atoms with Crippen molar-refractivity contribution in [2.24, 2.45) is 5.73 Å². The summed E-state index contributed by atoms with van der Waals surface area (Å²) in [6.45, 7) is 0.0685. The maximum absolute atomic E-state index is 12.4. The lowest BCUT2D eigenvalue weighted by Gasteiger charge is -2.13. The van der Waals surface area contributed by atoms with Crippen molar-refractivity contribution in [1.82, 2.24) is 0 Å². The van der Waals surface area contributed by atoms with Crippen LogP contribution >= 0.6 is 24.0 Å². The van der Waals surface area contributed by atoms with Gasteiger partial charge in [0.15, 0.2) is 11.5 Å². The topological polar surface area (TPSA) is 44.5 Å². The molecule has 0 aliphatic carbocycles. The molecule has 0 aromatic heterocycles. The molecule has 1 aliphatic rings. The van der Waals surface area contributed by atoms with E-state index in [1.54, 1.807) is 0 Å². The fourth-order valence-electron chi connectivity index (χ4n) is 1.32. The van der Waals surface area contributed by atoms with E-state index in [1.807, 2.05) is 0 Å². The second kappa shape index (κ2) is 5.03. The molecule has 0 amide bonds. The van der Waals surface area contributed by atoms with Gasteiger partial charge in [-0.3, -0.25) is 0 Å². The van der Waals surface area contributed by atoms with Crippen molar-refractivity contribution in [1.29, 1.82) is 0 Å². The van der Waals surface area contributed by atoms with E-state index in [0.29, 0.717) is 11.5 Å². The highest BCUT2D eigenvalue weighted by molar-refractivity contribution is 6.31. The van der Waals surface area contributed by atoms with Crippen LogP contribution in [0.2, 0.25) is 5.02 Å². The Morgan fingerprint density at radius 3 is 2.38 bits per heavy atom. The summed E-state index contributed by atoms with van der Waals surface area (Å²) in [5.74, 6) is 0.843. The van der Waals surface area contributed by atoms with Crippen molar-refractivity contribution in [2.45, 2.75) is 12.5 Å². The number of rotatable bonds is 2. The lowest BCUT2D eigenvalue weighted by molar-refractivity contribution is 0.116. The number of hydrogen-bond acceptors (Lipinski definition) is 3. The van der Waals surface area contributed by atoms with Gasteiger partial charge < -0.3 is 15.2 Å². The third kappa shape index (κ3) is 2.31. The summed E-state index contributed by atoms with van der Waals surface area (Å²) in [7, 11) is 0. The van der Waals surface area contributed by atoms with Crippen LogP contribution in [0.4, 0.5) is 8.78 Å². The van der Waals surface area contributed by atoms with E-state index < -0.39 is 12.5 Å². The predicted octanol–water partition coefficient (Wildman–Crippen LogP) is 2.76. The molecule has 7 heteroatoms. The molecular weight excluding hydrogens is 263 g/mol. The lowest BCUT2D eigenvalue weighted by atomic mass is 10.1. The minimum atomic E-state index is -2.66. The van der Waals surface area contributed by atoms with Crippen molar-refractivity contribution >= 4 is 24.0 Å². The van der Waals surface area contributed by atoms with Crippen LogP contribution in [0.1, 0.15) is 11.6 Å². The van der Waals surface area contributed by atoms with Gasteiger partial charge in [-0.25, -0.2) is 8.78 Å². The molecule has 2 N–H and O–H groups in total. The molecule has 1 aromatic rings. The molecule has 1 aromatic carbocycles. The zero-order valence-corrected chi connectivity index (χ0v) is 9.52. The highest BCUT2D eigenvalue weighted by Gasteiger charge is 2.24. The molecule has 0 spiro atoms. The number of ether oxygens (including phenoxy) is 2. The number of hydrogen-bond donors (Lipinski definition) is 1. The number of nitrogens with two attached hydrogens (primary N) is 1. The highest BCUT2D eigenvalue weighted by atomic mass is 35.5. The molecular formula is C9H9Cl2F2NO2. The Bertz CT molecular complexity index is 390. The summed E-state index contributed by atoms with van der Waals surface area (Å²) in [5, 5.41) is 0.159. The van der Waals surface area contributed by atoms with E-state index in [0.717, 1.165) is 0 Å². The van der Waals surface area contributed by atoms with Crippen molar-refractivity contribution in [3.05, 3.63) is 22.7 Å². The van der Waals surface area contributed by atoms with Gasteiger partial charge in [0.25, 0.3) is 6.43 Å². The summed E-state index contributed by atoms with van der Waals surface area (Å²) in [6.07, 6.45) is -2.66. The second-order valence-corrected chi connectivity index (χ2v) is 3.49. The van der Waals surface area contributed by atoms with Crippen LogP contribution in [-0.2, 0) is 0 Å². The molecule has 1 heterocycles. The molecule has 1 atom stereocenters. The number of benzene rings is 1. The highest BCUT2D eigenvalue weighted by Crippen LogP contribution is 2.39. The van der Waals surface area contributed by atoms with E-state index in [1.165, 1.54) is 12.1 Å². The number of halogens is 4. The van der Waals surface area contributed by atoms with Crippen LogP contribution in [0.5, 0.6) is 11.5 Å². The van der Waals surface area contributed by atoms with Crippen LogP contribution in [-0.4, -0.2) is 13.2 Å². The molecule has 0 saturated carbocycles. The van der Waals surface area contributed by atoms with Crippen LogP contribution in [0.15, 0.2) is 12.1 Å². The first-order chi connectivity index (χ1) is 7.09. The van der Waals surface area contributed by atoms with E-state index >= 15 is 0 Å². The molecule has 0 unspecified atom stereocenters. The maximum atomic E-state index is 12.4. The Kier molecular flexibility index (Phi) is 4.18. The Labute approximate surface area is 102 Å². The van der Waals surface area contributed by atoms with Gasteiger partial charge in [-0.15, -0.1) is 12.4 Å². The lowest BCUT2D eigenvalue weighted by Crippen LogP contribution is -2.19. The Balaban J connectivity index is 0.00000128. The summed E-state index contributed by atoms with van der Waals surface area (Å²) in [5.41, 5.74) is 5.46. The van der Waals surface area contributed by atoms with Gasteiger partial charge in [-0.1, -0.05) is 11.6 Å². The monoisotopic (exact) mass is 271 g/mol. The average molecular weight is 272 g/mol. The number of alkyl halides is 2. The molecule has 2 rings (SSSR count). The smallest absolute Gasteiger partial charge is 0.257 e. The van der Waals surface area contributed by atoms with Crippen LogP contribution < -0.4 is 15.2 Å². The quantitative estimate of drug-likeness (QED) is 0.900.